The zero-order chi connectivity index (χ0) is 7.68. The molecule has 0 aromatic rings. The van der Waals surface area contributed by atoms with Crippen LogP contribution in [0.25, 0.3) is 0 Å². The third kappa shape index (κ3) is 1.55. The first kappa shape index (κ1) is 7.53. The highest BCUT2D eigenvalue weighted by atomic mass is 16.7. The Balaban J connectivity index is 1.85. The fourth-order valence-corrected chi connectivity index (χ4v) is 1.94. The van der Waals surface area contributed by atoms with Gasteiger partial charge in [0.2, 0.25) is 0 Å². The Morgan fingerprint density at radius 3 is 2.55 bits per heavy atom. The van der Waals surface area contributed by atoms with E-state index in [-0.39, 0.29) is 6.10 Å². The van der Waals surface area contributed by atoms with Crippen molar-refractivity contribution >= 4 is 0 Å². The van der Waals surface area contributed by atoms with E-state index in [0.717, 1.165) is 0 Å². The van der Waals surface area contributed by atoms with Crippen molar-refractivity contribution in [2.24, 2.45) is 0 Å². The Labute approximate surface area is 66.9 Å². The van der Waals surface area contributed by atoms with Crippen LogP contribution >= 0.6 is 0 Å². The Morgan fingerprint density at radius 2 is 2.00 bits per heavy atom. The maximum Gasteiger partial charge on any atom is 0.0958 e. The molecule has 2 rings (SSSR count). The van der Waals surface area contributed by atoms with Crippen molar-refractivity contribution in [2.75, 3.05) is 13.2 Å². The average Bonchev–Trinajstić information content (AvgIpc) is 2.55. The van der Waals surface area contributed by atoms with Crippen molar-refractivity contribution in [1.82, 2.24) is 5.06 Å². The van der Waals surface area contributed by atoms with Crippen molar-refractivity contribution in [3.63, 3.8) is 0 Å². The topological polar surface area (TPSA) is 32.7 Å². The second-order valence-corrected chi connectivity index (χ2v) is 3.49. The molecule has 0 aromatic carbocycles. The summed E-state index contributed by atoms with van der Waals surface area (Å²) in [6, 6.07) is 0.590. The van der Waals surface area contributed by atoms with Gasteiger partial charge in [-0.05, 0) is 12.8 Å². The van der Waals surface area contributed by atoms with Crippen LogP contribution in [0, 0.1) is 0 Å². The van der Waals surface area contributed by atoms with E-state index in [4.69, 9.17) is 4.84 Å². The third-order valence-corrected chi connectivity index (χ3v) is 2.56. The lowest BCUT2D eigenvalue weighted by atomic mass is 10.2. The van der Waals surface area contributed by atoms with Crippen LogP contribution in [0.3, 0.4) is 0 Å². The van der Waals surface area contributed by atoms with E-state index in [2.05, 4.69) is 0 Å². The molecule has 1 aliphatic carbocycles. The molecule has 2 fully saturated rings. The van der Waals surface area contributed by atoms with Crippen LogP contribution in [0.4, 0.5) is 0 Å². The van der Waals surface area contributed by atoms with Crippen LogP contribution in [0.5, 0.6) is 0 Å². The summed E-state index contributed by atoms with van der Waals surface area (Å²) in [6.07, 6.45) is 4.87. The molecule has 0 aromatic heterocycles. The van der Waals surface area contributed by atoms with Crippen molar-refractivity contribution in [2.45, 2.75) is 37.8 Å². The van der Waals surface area contributed by atoms with Crippen molar-refractivity contribution in [1.29, 1.82) is 0 Å². The Hall–Kier alpha value is -0.120. The van der Waals surface area contributed by atoms with E-state index < -0.39 is 0 Å². The van der Waals surface area contributed by atoms with Crippen LogP contribution in [-0.4, -0.2) is 35.5 Å². The molecule has 1 heterocycles. The number of nitrogens with zero attached hydrogens (tertiary/aromatic N) is 1. The Morgan fingerprint density at radius 1 is 1.27 bits per heavy atom. The minimum Gasteiger partial charge on any atom is -0.389 e. The van der Waals surface area contributed by atoms with E-state index >= 15 is 0 Å². The smallest absolute Gasteiger partial charge is 0.0958 e. The van der Waals surface area contributed by atoms with Crippen LogP contribution in [-0.2, 0) is 4.84 Å². The number of rotatable bonds is 1. The first-order valence-electron chi connectivity index (χ1n) is 4.44. The van der Waals surface area contributed by atoms with E-state index in [1.54, 1.807) is 0 Å². The minimum absolute atomic E-state index is 0.254. The summed E-state index contributed by atoms with van der Waals surface area (Å²) in [7, 11) is 0. The fraction of sp³-hybridized carbons (Fsp3) is 1.00. The molecule has 0 bridgehead atoms. The predicted molar refractivity (Wildman–Crippen MR) is 40.9 cm³/mol. The lowest BCUT2D eigenvalue weighted by molar-refractivity contribution is -0.139. The standard InChI is InChI=1S/C8H15NO2/c10-8-5-9(11-6-8)7-3-1-2-4-7/h7-8,10H,1-6H2. The van der Waals surface area contributed by atoms with E-state index in [1.165, 1.54) is 25.7 Å². The minimum atomic E-state index is -0.254. The van der Waals surface area contributed by atoms with Gasteiger partial charge in [0, 0.05) is 6.04 Å². The van der Waals surface area contributed by atoms with Gasteiger partial charge in [-0.2, -0.15) is 5.06 Å². The zero-order valence-electron chi connectivity index (χ0n) is 6.70. The summed E-state index contributed by atoms with van der Waals surface area (Å²) in [5.74, 6) is 0. The van der Waals surface area contributed by atoms with Crippen LogP contribution < -0.4 is 0 Å². The highest BCUT2D eigenvalue weighted by molar-refractivity contribution is 4.77. The van der Waals surface area contributed by atoms with Gasteiger partial charge >= 0.3 is 0 Å². The summed E-state index contributed by atoms with van der Waals surface area (Å²) >= 11 is 0. The summed E-state index contributed by atoms with van der Waals surface area (Å²) < 4.78 is 0. The highest BCUT2D eigenvalue weighted by Crippen LogP contribution is 2.25. The molecule has 1 saturated heterocycles. The maximum atomic E-state index is 9.19. The van der Waals surface area contributed by atoms with Gasteiger partial charge in [0.25, 0.3) is 0 Å². The van der Waals surface area contributed by atoms with E-state index in [9.17, 15) is 5.11 Å². The summed E-state index contributed by atoms with van der Waals surface area (Å²) in [5, 5.41) is 11.2. The summed E-state index contributed by atoms with van der Waals surface area (Å²) in [6.45, 7) is 1.21. The summed E-state index contributed by atoms with van der Waals surface area (Å²) in [5.41, 5.74) is 0. The van der Waals surface area contributed by atoms with Gasteiger partial charge in [0.1, 0.15) is 0 Å². The second-order valence-electron chi connectivity index (χ2n) is 3.49. The first-order valence-corrected chi connectivity index (χ1v) is 4.44. The first-order chi connectivity index (χ1) is 5.36. The molecule has 3 heteroatoms. The predicted octanol–water partition coefficient (Wildman–Crippen LogP) is 0.537. The van der Waals surface area contributed by atoms with Gasteiger partial charge in [-0.25, -0.2) is 0 Å². The van der Waals surface area contributed by atoms with Crippen LogP contribution in [0.15, 0.2) is 0 Å². The number of hydrogen-bond acceptors (Lipinski definition) is 3. The summed E-state index contributed by atoms with van der Waals surface area (Å²) in [4.78, 5) is 5.33. The molecule has 1 unspecified atom stereocenters. The van der Waals surface area contributed by atoms with E-state index in [0.29, 0.717) is 19.2 Å². The van der Waals surface area contributed by atoms with Crippen molar-refractivity contribution in [3.8, 4) is 0 Å². The van der Waals surface area contributed by atoms with Gasteiger partial charge in [0.05, 0.1) is 19.3 Å². The molecular weight excluding hydrogens is 142 g/mol. The van der Waals surface area contributed by atoms with Gasteiger partial charge < -0.3 is 5.11 Å². The maximum absolute atomic E-state index is 9.19. The normalized spacial score (nSPS) is 35.2. The highest BCUT2D eigenvalue weighted by Gasteiger charge is 2.29. The molecule has 1 N–H and O–H groups in total. The van der Waals surface area contributed by atoms with Crippen molar-refractivity contribution in [3.05, 3.63) is 0 Å². The molecule has 0 spiro atoms. The van der Waals surface area contributed by atoms with Gasteiger partial charge in [-0.3, -0.25) is 4.84 Å². The number of β-amino-alcohol motifs (C(OH)–C–C–N with tert-alkyl or cyclic N) is 1. The van der Waals surface area contributed by atoms with Gasteiger partial charge in [0.15, 0.2) is 0 Å². The zero-order valence-corrected chi connectivity index (χ0v) is 6.70. The lowest BCUT2D eigenvalue weighted by Crippen LogP contribution is -2.30. The molecular formula is C8H15NO2. The van der Waals surface area contributed by atoms with Gasteiger partial charge in [-0.1, -0.05) is 12.8 Å². The molecule has 1 aliphatic heterocycles. The van der Waals surface area contributed by atoms with Crippen molar-refractivity contribution < 1.29 is 9.94 Å². The Kier molecular flexibility index (Phi) is 2.11. The third-order valence-electron chi connectivity index (χ3n) is 2.56. The largest absolute Gasteiger partial charge is 0.389 e. The second kappa shape index (κ2) is 3.09. The number of hydrogen-bond donors (Lipinski definition) is 1. The number of hydroxylamine groups is 2. The quantitative estimate of drug-likeness (QED) is 0.603. The molecule has 3 nitrogen and oxygen atoms in total. The molecule has 11 heavy (non-hydrogen) atoms. The number of aliphatic hydroxyl groups excluding tert-OH is 1. The van der Waals surface area contributed by atoms with Crippen LogP contribution in [0.1, 0.15) is 25.7 Å². The average molecular weight is 157 g/mol. The molecule has 1 atom stereocenters. The van der Waals surface area contributed by atoms with E-state index in [1.807, 2.05) is 5.06 Å². The Bertz CT molecular complexity index is 134. The fourth-order valence-electron chi connectivity index (χ4n) is 1.94. The molecule has 0 amide bonds. The number of aliphatic hydroxyl groups is 1. The monoisotopic (exact) mass is 157 g/mol. The molecule has 1 saturated carbocycles. The van der Waals surface area contributed by atoms with Gasteiger partial charge in [-0.15, -0.1) is 0 Å². The SMILES string of the molecule is OC1CON(C2CCCC2)C1. The molecule has 0 radical (unpaired) electrons. The lowest BCUT2D eigenvalue weighted by Gasteiger charge is -2.20. The van der Waals surface area contributed by atoms with Crippen LogP contribution in [0.2, 0.25) is 0 Å². The molecule has 2 aliphatic rings. The molecule has 64 valence electrons.